The van der Waals surface area contributed by atoms with Crippen molar-refractivity contribution < 1.29 is 29.0 Å². The molecule has 0 radical (unpaired) electrons. The van der Waals surface area contributed by atoms with Crippen LogP contribution in [-0.4, -0.2) is 65.4 Å². The summed E-state index contributed by atoms with van der Waals surface area (Å²) in [7, 11) is 0. The van der Waals surface area contributed by atoms with Gasteiger partial charge in [0.1, 0.15) is 12.1 Å². The molecule has 2 aliphatic carbocycles. The number of carbonyl (C=O) groups excluding carboxylic acids is 2. The van der Waals surface area contributed by atoms with Gasteiger partial charge in [0.15, 0.2) is 5.60 Å². The molecule has 8 heteroatoms. The van der Waals surface area contributed by atoms with E-state index < -0.39 is 23.2 Å². The van der Waals surface area contributed by atoms with Gasteiger partial charge in [-0.15, -0.1) is 0 Å². The highest BCUT2D eigenvalue weighted by Crippen LogP contribution is 2.44. The predicted molar refractivity (Wildman–Crippen MR) is 123 cm³/mol. The lowest BCUT2D eigenvalue weighted by atomic mass is 9.75. The number of rotatable bonds is 5. The number of morpholine rings is 1. The van der Waals surface area contributed by atoms with Gasteiger partial charge in [0.25, 0.3) is 0 Å². The first-order chi connectivity index (χ1) is 16.3. The largest absolute Gasteiger partial charge is 0.479 e. The van der Waals surface area contributed by atoms with Crippen molar-refractivity contribution in [1.82, 2.24) is 10.2 Å². The zero-order chi connectivity index (χ0) is 23.9. The van der Waals surface area contributed by atoms with Gasteiger partial charge in [0, 0.05) is 12.5 Å². The van der Waals surface area contributed by atoms with Crippen molar-refractivity contribution in [2.75, 3.05) is 26.3 Å². The normalized spacial score (nSPS) is 22.8. The number of amides is 2. The second-order valence-electron chi connectivity index (χ2n) is 9.50. The Morgan fingerprint density at radius 2 is 1.71 bits per heavy atom. The molecule has 1 saturated carbocycles. The molecule has 2 amide bonds. The van der Waals surface area contributed by atoms with Crippen LogP contribution in [0.3, 0.4) is 0 Å². The van der Waals surface area contributed by atoms with Gasteiger partial charge in [-0.2, -0.15) is 0 Å². The van der Waals surface area contributed by atoms with E-state index in [0.717, 1.165) is 28.7 Å². The van der Waals surface area contributed by atoms with Gasteiger partial charge in [-0.3, -0.25) is 4.79 Å². The van der Waals surface area contributed by atoms with Gasteiger partial charge in [-0.05, 0) is 48.4 Å². The maximum atomic E-state index is 13.3. The minimum absolute atomic E-state index is 0.0602. The average molecular weight is 465 g/mol. The molecular weight excluding hydrogens is 436 g/mol. The number of hydrogen-bond acceptors (Lipinski definition) is 5. The Labute approximate surface area is 197 Å². The van der Waals surface area contributed by atoms with Gasteiger partial charge < -0.3 is 24.8 Å². The van der Waals surface area contributed by atoms with Gasteiger partial charge in [-0.1, -0.05) is 48.5 Å². The quantitative estimate of drug-likeness (QED) is 0.704. The fraction of sp³-hybridized carbons (Fsp3) is 0.423. The third-order valence-electron chi connectivity index (χ3n) is 7.32. The van der Waals surface area contributed by atoms with Crippen LogP contribution >= 0.6 is 0 Å². The molecule has 2 fully saturated rings. The van der Waals surface area contributed by atoms with Crippen LogP contribution < -0.4 is 5.32 Å². The second-order valence-corrected chi connectivity index (χ2v) is 9.50. The molecule has 0 bridgehead atoms. The summed E-state index contributed by atoms with van der Waals surface area (Å²) in [6.45, 7) is 1.99. The monoisotopic (exact) mass is 464 g/mol. The van der Waals surface area contributed by atoms with Gasteiger partial charge >= 0.3 is 12.1 Å². The Hall–Kier alpha value is -3.39. The van der Waals surface area contributed by atoms with E-state index in [2.05, 4.69) is 29.6 Å². The van der Waals surface area contributed by atoms with Crippen molar-refractivity contribution in [2.24, 2.45) is 0 Å². The second kappa shape index (κ2) is 8.43. The van der Waals surface area contributed by atoms with Crippen molar-refractivity contribution in [3.63, 3.8) is 0 Å². The Morgan fingerprint density at radius 1 is 1.09 bits per heavy atom. The lowest BCUT2D eigenvalue weighted by Gasteiger charge is -2.46. The van der Waals surface area contributed by atoms with Crippen LogP contribution in [-0.2, 0) is 19.1 Å². The number of carbonyl (C=O) groups is 3. The van der Waals surface area contributed by atoms with E-state index in [0.29, 0.717) is 12.8 Å². The molecule has 178 valence electrons. The molecule has 1 atom stereocenters. The van der Waals surface area contributed by atoms with Crippen LogP contribution in [0.5, 0.6) is 0 Å². The van der Waals surface area contributed by atoms with Crippen molar-refractivity contribution in [1.29, 1.82) is 0 Å². The Balaban J connectivity index is 1.26. The zero-order valence-corrected chi connectivity index (χ0v) is 19.1. The Bertz CT molecular complexity index is 1100. The van der Waals surface area contributed by atoms with E-state index in [1.165, 1.54) is 11.8 Å². The average Bonchev–Trinajstić information content (AvgIpc) is 3.13. The van der Waals surface area contributed by atoms with Crippen molar-refractivity contribution in [2.45, 2.75) is 43.2 Å². The van der Waals surface area contributed by atoms with E-state index >= 15 is 0 Å². The lowest BCUT2D eigenvalue weighted by molar-refractivity contribution is -0.179. The minimum atomic E-state index is -1.46. The van der Waals surface area contributed by atoms with E-state index in [1.54, 1.807) is 0 Å². The molecule has 8 nitrogen and oxygen atoms in total. The fourth-order valence-corrected chi connectivity index (χ4v) is 5.23. The first kappa shape index (κ1) is 22.4. The standard InChI is InChI=1S/C26H28N2O6/c1-25(23(30)31)16-28(13-14-34-25)22(29)26(11-6-12-26)27-24(32)33-15-21-19-9-4-2-7-17(19)18-8-3-5-10-20(18)21/h2-5,7-10,21H,6,11-16H2,1H3,(H,27,32)(H,30,31). The van der Waals surface area contributed by atoms with Crippen molar-refractivity contribution in [3.8, 4) is 11.1 Å². The predicted octanol–water partition coefficient (Wildman–Crippen LogP) is 3.15. The number of nitrogens with zero attached hydrogens (tertiary/aromatic N) is 1. The van der Waals surface area contributed by atoms with Crippen LogP contribution in [0.1, 0.15) is 43.2 Å². The van der Waals surface area contributed by atoms with Crippen molar-refractivity contribution >= 4 is 18.0 Å². The number of fused-ring (bicyclic) bond motifs is 3. The molecule has 2 aromatic rings. The van der Waals surface area contributed by atoms with E-state index in [4.69, 9.17) is 9.47 Å². The molecule has 2 N–H and O–H groups in total. The Morgan fingerprint density at radius 3 is 2.26 bits per heavy atom. The molecule has 1 saturated heterocycles. The number of hydrogen-bond donors (Lipinski definition) is 2. The summed E-state index contributed by atoms with van der Waals surface area (Å²) in [5.41, 5.74) is 2.01. The number of benzene rings is 2. The molecule has 5 rings (SSSR count). The van der Waals surface area contributed by atoms with Crippen molar-refractivity contribution in [3.05, 3.63) is 59.7 Å². The number of alkyl carbamates (subject to hydrolysis) is 1. The fourth-order valence-electron chi connectivity index (χ4n) is 5.23. The van der Waals surface area contributed by atoms with Crippen LogP contribution in [0.2, 0.25) is 0 Å². The summed E-state index contributed by atoms with van der Waals surface area (Å²) in [6, 6.07) is 16.2. The summed E-state index contributed by atoms with van der Waals surface area (Å²) >= 11 is 0. The molecule has 2 aromatic carbocycles. The molecule has 0 aromatic heterocycles. The van der Waals surface area contributed by atoms with Crippen LogP contribution in [0.25, 0.3) is 11.1 Å². The van der Waals surface area contributed by atoms with Gasteiger partial charge in [-0.25, -0.2) is 9.59 Å². The van der Waals surface area contributed by atoms with Crippen LogP contribution in [0, 0.1) is 0 Å². The minimum Gasteiger partial charge on any atom is -0.479 e. The summed E-state index contributed by atoms with van der Waals surface area (Å²) < 4.78 is 11.0. The Kier molecular flexibility index (Phi) is 5.56. The third kappa shape index (κ3) is 3.72. The number of aliphatic carboxylic acids is 1. The maximum Gasteiger partial charge on any atom is 0.408 e. The highest BCUT2D eigenvalue weighted by Gasteiger charge is 2.51. The first-order valence-electron chi connectivity index (χ1n) is 11.6. The number of ether oxygens (including phenoxy) is 2. The molecule has 1 heterocycles. The summed E-state index contributed by atoms with van der Waals surface area (Å²) in [5, 5.41) is 12.3. The highest BCUT2D eigenvalue weighted by molar-refractivity contribution is 5.92. The van der Waals surface area contributed by atoms with Crippen LogP contribution in [0.15, 0.2) is 48.5 Å². The summed E-state index contributed by atoms with van der Waals surface area (Å²) in [5.74, 6) is -1.46. The summed E-state index contributed by atoms with van der Waals surface area (Å²) in [6.07, 6.45) is 1.16. The molecule has 34 heavy (non-hydrogen) atoms. The first-order valence-corrected chi connectivity index (χ1v) is 11.6. The third-order valence-corrected chi connectivity index (χ3v) is 7.32. The lowest BCUT2D eigenvalue weighted by Crippen LogP contribution is -2.67. The summed E-state index contributed by atoms with van der Waals surface area (Å²) in [4.78, 5) is 39.3. The molecule has 0 spiro atoms. The van der Waals surface area contributed by atoms with Gasteiger partial charge in [0.2, 0.25) is 5.91 Å². The molecule has 3 aliphatic rings. The SMILES string of the molecule is CC1(C(=O)O)CN(C(=O)C2(NC(=O)OCC3c4ccccc4-c4ccccc43)CCC2)CCO1. The highest BCUT2D eigenvalue weighted by atomic mass is 16.5. The van der Waals surface area contributed by atoms with E-state index in [1.807, 2.05) is 24.3 Å². The van der Waals surface area contributed by atoms with E-state index in [-0.39, 0.29) is 38.1 Å². The van der Waals surface area contributed by atoms with Crippen LogP contribution in [0.4, 0.5) is 4.79 Å². The molecular formula is C26H28N2O6. The van der Waals surface area contributed by atoms with E-state index in [9.17, 15) is 19.5 Å². The van der Waals surface area contributed by atoms with Gasteiger partial charge in [0.05, 0.1) is 13.2 Å². The number of carboxylic acid groups (broad SMARTS) is 1. The molecule has 1 aliphatic heterocycles. The topological polar surface area (TPSA) is 105 Å². The maximum absolute atomic E-state index is 13.3. The molecule has 1 unspecified atom stereocenters. The zero-order valence-electron chi connectivity index (χ0n) is 19.1. The smallest absolute Gasteiger partial charge is 0.408 e. The number of carboxylic acids is 1. The number of nitrogens with one attached hydrogen (secondary N) is 1.